The summed E-state index contributed by atoms with van der Waals surface area (Å²) in [4.78, 5) is 0. The lowest BCUT2D eigenvalue weighted by atomic mass is 10.2. The van der Waals surface area contributed by atoms with Gasteiger partial charge in [0.05, 0.1) is 7.11 Å². The number of hydrogen-bond donors (Lipinski definition) is 1. The number of nitrogens with one attached hydrogen (secondary N) is 1. The molecular weight excluding hydrogens is 333 g/mol. The number of methoxy groups -OCH3 is 1. The third kappa shape index (κ3) is 4.90. The minimum atomic E-state index is 0.348. The van der Waals surface area contributed by atoms with Crippen molar-refractivity contribution >= 4 is 23.2 Å². The predicted octanol–water partition coefficient (Wildman–Crippen LogP) is 4.86. The summed E-state index contributed by atoms with van der Waals surface area (Å²) in [5.41, 5.74) is 1.85. The summed E-state index contributed by atoms with van der Waals surface area (Å²) >= 11 is 12.5. The quantitative estimate of drug-likeness (QED) is 0.544. The fourth-order valence-corrected chi connectivity index (χ4v) is 2.48. The zero-order valence-corrected chi connectivity index (χ0v) is 14.5. The topological polar surface area (TPSA) is 30.5 Å². The van der Waals surface area contributed by atoms with Crippen LogP contribution in [0.5, 0.6) is 11.5 Å². The summed E-state index contributed by atoms with van der Waals surface area (Å²) in [6.45, 7) is 5.36. The molecule has 1 N–H and O–H groups in total. The number of benzene rings is 2. The van der Waals surface area contributed by atoms with E-state index in [1.807, 2.05) is 30.3 Å². The van der Waals surface area contributed by atoms with Crippen LogP contribution < -0.4 is 14.8 Å². The molecule has 0 unspecified atom stereocenters. The van der Waals surface area contributed by atoms with Gasteiger partial charge in [-0.25, -0.2) is 0 Å². The van der Waals surface area contributed by atoms with E-state index < -0.39 is 0 Å². The largest absolute Gasteiger partial charge is 0.493 e. The molecular formula is C18H19Cl2NO2. The van der Waals surface area contributed by atoms with Crippen LogP contribution in [-0.4, -0.2) is 13.7 Å². The van der Waals surface area contributed by atoms with Gasteiger partial charge in [-0.3, -0.25) is 0 Å². The summed E-state index contributed by atoms with van der Waals surface area (Å²) < 4.78 is 11.2. The van der Waals surface area contributed by atoms with Gasteiger partial charge in [0.15, 0.2) is 11.5 Å². The molecule has 0 saturated heterocycles. The summed E-state index contributed by atoms with van der Waals surface area (Å²) in [5, 5.41) is 4.50. The van der Waals surface area contributed by atoms with Crippen molar-refractivity contribution in [3.05, 3.63) is 70.2 Å². The minimum Gasteiger partial charge on any atom is -0.493 e. The molecule has 0 aliphatic rings. The highest BCUT2D eigenvalue weighted by molar-refractivity contribution is 6.31. The Morgan fingerprint density at radius 3 is 2.57 bits per heavy atom. The number of halogens is 2. The second-order valence-corrected chi connectivity index (χ2v) is 5.71. The molecule has 2 aromatic rings. The average Bonchev–Trinajstić information content (AvgIpc) is 2.56. The van der Waals surface area contributed by atoms with Gasteiger partial charge < -0.3 is 14.8 Å². The van der Waals surface area contributed by atoms with E-state index in [1.165, 1.54) is 0 Å². The molecule has 2 aromatic carbocycles. The highest BCUT2D eigenvalue weighted by Gasteiger charge is 2.11. The van der Waals surface area contributed by atoms with Crippen molar-refractivity contribution in [2.45, 2.75) is 13.2 Å². The van der Waals surface area contributed by atoms with Gasteiger partial charge in [-0.05, 0) is 17.7 Å². The van der Waals surface area contributed by atoms with Crippen molar-refractivity contribution in [2.75, 3.05) is 13.7 Å². The molecule has 0 aliphatic carbocycles. The van der Waals surface area contributed by atoms with Crippen molar-refractivity contribution in [3.8, 4) is 11.5 Å². The van der Waals surface area contributed by atoms with Crippen LogP contribution in [0.2, 0.25) is 10.0 Å². The van der Waals surface area contributed by atoms with Crippen LogP contribution in [0, 0.1) is 0 Å². The Balaban J connectivity index is 2.13. The van der Waals surface area contributed by atoms with E-state index in [2.05, 4.69) is 11.9 Å². The molecule has 122 valence electrons. The van der Waals surface area contributed by atoms with Gasteiger partial charge in [0.25, 0.3) is 0 Å². The molecule has 2 rings (SSSR count). The highest BCUT2D eigenvalue weighted by Crippen LogP contribution is 2.34. The van der Waals surface area contributed by atoms with Crippen LogP contribution in [0.25, 0.3) is 0 Å². The molecule has 0 heterocycles. The lowest BCUT2D eigenvalue weighted by molar-refractivity contribution is 0.284. The molecule has 0 aliphatic heterocycles. The van der Waals surface area contributed by atoms with Crippen molar-refractivity contribution in [2.24, 2.45) is 0 Å². The van der Waals surface area contributed by atoms with E-state index in [0.29, 0.717) is 41.2 Å². The number of ether oxygens (including phenoxy) is 2. The molecule has 5 heteroatoms. The van der Waals surface area contributed by atoms with E-state index >= 15 is 0 Å². The van der Waals surface area contributed by atoms with Crippen LogP contribution in [0.3, 0.4) is 0 Å². The maximum absolute atomic E-state index is 6.32. The van der Waals surface area contributed by atoms with Gasteiger partial charge in [-0.2, -0.15) is 0 Å². The summed E-state index contributed by atoms with van der Waals surface area (Å²) in [6, 6.07) is 11.2. The molecule has 0 spiro atoms. The summed E-state index contributed by atoms with van der Waals surface area (Å²) in [7, 11) is 1.60. The van der Waals surface area contributed by atoms with Gasteiger partial charge in [-0.1, -0.05) is 47.5 Å². The number of hydrogen-bond acceptors (Lipinski definition) is 3. The minimum absolute atomic E-state index is 0.348. The molecule has 3 nitrogen and oxygen atoms in total. The van der Waals surface area contributed by atoms with E-state index in [0.717, 1.165) is 11.1 Å². The van der Waals surface area contributed by atoms with Crippen molar-refractivity contribution in [1.29, 1.82) is 0 Å². The summed E-state index contributed by atoms with van der Waals surface area (Å²) in [5.74, 6) is 1.22. The van der Waals surface area contributed by atoms with Gasteiger partial charge in [-0.15, -0.1) is 6.58 Å². The molecule has 0 radical (unpaired) electrons. The molecule has 0 atom stereocenters. The molecule has 0 fully saturated rings. The van der Waals surface area contributed by atoms with E-state index in [9.17, 15) is 0 Å². The third-order valence-electron chi connectivity index (χ3n) is 3.28. The predicted molar refractivity (Wildman–Crippen MR) is 95.7 cm³/mol. The molecule has 0 amide bonds. The Kier molecular flexibility index (Phi) is 6.78. The lowest BCUT2D eigenvalue weighted by Crippen LogP contribution is -2.13. The Labute approximate surface area is 146 Å². The van der Waals surface area contributed by atoms with Gasteiger partial charge in [0, 0.05) is 34.8 Å². The summed E-state index contributed by atoms with van der Waals surface area (Å²) in [6.07, 6.45) is 1.80. The molecule has 0 saturated carbocycles. The Morgan fingerprint density at radius 1 is 1.09 bits per heavy atom. The van der Waals surface area contributed by atoms with E-state index in [-0.39, 0.29) is 0 Å². The van der Waals surface area contributed by atoms with Gasteiger partial charge in [0.1, 0.15) is 6.61 Å². The first kappa shape index (κ1) is 17.7. The van der Waals surface area contributed by atoms with Gasteiger partial charge >= 0.3 is 0 Å². The van der Waals surface area contributed by atoms with E-state index in [4.69, 9.17) is 32.7 Å². The Hall–Kier alpha value is -1.68. The zero-order chi connectivity index (χ0) is 16.7. The zero-order valence-electron chi connectivity index (χ0n) is 12.9. The average molecular weight is 352 g/mol. The first-order valence-corrected chi connectivity index (χ1v) is 7.95. The van der Waals surface area contributed by atoms with Crippen LogP contribution >= 0.6 is 23.2 Å². The van der Waals surface area contributed by atoms with Crippen molar-refractivity contribution < 1.29 is 9.47 Å². The smallest absolute Gasteiger partial charge is 0.163 e. The Bertz CT molecular complexity index is 674. The first-order chi connectivity index (χ1) is 11.2. The SMILES string of the molecule is C=CCNCc1cc(OC)c(OCc2ccccc2Cl)cc1Cl. The van der Waals surface area contributed by atoms with Crippen LogP contribution in [0.1, 0.15) is 11.1 Å². The Morgan fingerprint density at radius 2 is 1.87 bits per heavy atom. The monoisotopic (exact) mass is 351 g/mol. The van der Waals surface area contributed by atoms with Crippen molar-refractivity contribution in [3.63, 3.8) is 0 Å². The lowest BCUT2D eigenvalue weighted by Gasteiger charge is -2.14. The molecule has 23 heavy (non-hydrogen) atoms. The standard InChI is InChI=1S/C18H19Cl2NO2/c1-3-8-21-11-14-9-17(22-2)18(10-16(14)20)23-12-13-6-4-5-7-15(13)19/h3-7,9-10,21H,1,8,11-12H2,2H3. The second-order valence-electron chi connectivity index (χ2n) is 4.89. The maximum atomic E-state index is 6.32. The van der Waals surface area contributed by atoms with Crippen LogP contribution in [-0.2, 0) is 13.2 Å². The third-order valence-corrected chi connectivity index (χ3v) is 4.00. The maximum Gasteiger partial charge on any atom is 0.163 e. The van der Waals surface area contributed by atoms with Crippen molar-refractivity contribution in [1.82, 2.24) is 5.32 Å². The van der Waals surface area contributed by atoms with Crippen LogP contribution in [0.4, 0.5) is 0 Å². The highest BCUT2D eigenvalue weighted by atomic mass is 35.5. The fraction of sp³-hybridized carbons (Fsp3) is 0.222. The number of rotatable bonds is 8. The normalized spacial score (nSPS) is 10.4. The molecule has 0 bridgehead atoms. The fourth-order valence-electron chi connectivity index (χ4n) is 2.06. The van der Waals surface area contributed by atoms with Gasteiger partial charge in [0.2, 0.25) is 0 Å². The first-order valence-electron chi connectivity index (χ1n) is 7.20. The van der Waals surface area contributed by atoms with Crippen LogP contribution in [0.15, 0.2) is 49.1 Å². The second kappa shape index (κ2) is 8.82. The molecule has 0 aromatic heterocycles. The van der Waals surface area contributed by atoms with E-state index in [1.54, 1.807) is 19.3 Å².